The van der Waals surface area contributed by atoms with E-state index in [1.807, 2.05) is 31.2 Å². The Balaban J connectivity index is 2.45. The van der Waals surface area contributed by atoms with E-state index in [-0.39, 0.29) is 12.4 Å². The second-order valence-corrected chi connectivity index (χ2v) is 4.22. The highest BCUT2D eigenvalue weighted by Crippen LogP contribution is 2.18. The summed E-state index contributed by atoms with van der Waals surface area (Å²) >= 11 is 0. The van der Waals surface area contributed by atoms with E-state index in [0.29, 0.717) is 5.56 Å². The Bertz CT molecular complexity index is 563. The van der Waals surface area contributed by atoms with Gasteiger partial charge in [0.25, 0.3) is 0 Å². The van der Waals surface area contributed by atoms with Crippen molar-refractivity contribution in [2.24, 2.45) is 5.73 Å². The smallest absolute Gasteiger partial charge is 0.181 e. The lowest BCUT2D eigenvalue weighted by Gasteiger charge is -2.08. The number of benzene rings is 2. The second kappa shape index (κ2) is 4.65. The minimum absolute atomic E-state index is 0.227. The summed E-state index contributed by atoms with van der Waals surface area (Å²) in [7, 11) is 0. The van der Waals surface area contributed by atoms with Gasteiger partial charge < -0.3 is 10.8 Å². The Morgan fingerprint density at radius 2 is 1.88 bits per heavy atom. The summed E-state index contributed by atoms with van der Waals surface area (Å²) in [6.45, 7) is 1.70. The molecule has 0 aliphatic carbocycles. The average Bonchev–Trinajstić information content (AvgIpc) is 2.36. The van der Waals surface area contributed by atoms with Gasteiger partial charge in [-0.1, -0.05) is 35.9 Å². The summed E-state index contributed by atoms with van der Waals surface area (Å²) in [6, 6.07) is 10.7. The molecule has 0 fully saturated rings. The third kappa shape index (κ3) is 2.35. The zero-order chi connectivity index (χ0) is 12.4. The Hall–Kier alpha value is -1.71. The van der Waals surface area contributed by atoms with Gasteiger partial charge in [0.05, 0.1) is 12.6 Å². The number of carbonyl (C=O) groups excluding carboxylic acids is 1. The molecule has 3 heteroatoms. The normalized spacial score (nSPS) is 12.6. The van der Waals surface area contributed by atoms with E-state index in [2.05, 4.69) is 6.07 Å². The number of fused-ring (bicyclic) bond motifs is 1. The van der Waals surface area contributed by atoms with E-state index in [1.54, 1.807) is 6.07 Å². The largest absolute Gasteiger partial charge is 0.394 e. The number of aliphatic hydroxyl groups is 1. The average molecular weight is 229 g/mol. The maximum Gasteiger partial charge on any atom is 0.181 e. The molecule has 0 bridgehead atoms. The van der Waals surface area contributed by atoms with E-state index >= 15 is 0 Å². The summed E-state index contributed by atoms with van der Waals surface area (Å²) in [5.41, 5.74) is 7.25. The number of hydrogen-bond donors (Lipinski definition) is 2. The molecule has 2 aromatic carbocycles. The molecule has 0 heterocycles. The Morgan fingerprint density at radius 1 is 1.24 bits per heavy atom. The van der Waals surface area contributed by atoms with Gasteiger partial charge in [0, 0.05) is 5.56 Å². The number of nitrogens with two attached hydrogens (primary N) is 1. The number of Topliss-reactive ketones (excluding diaryl/α,β-unsaturated/α-hetero) is 1. The third-order valence-electron chi connectivity index (χ3n) is 2.81. The van der Waals surface area contributed by atoms with Crippen LogP contribution in [0.4, 0.5) is 0 Å². The van der Waals surface area contributed by atoms with Gasteiger partial charge in [-0.2, -0.15) is 0 Å². The van der Waals surface area contributed by atoms with Crippen LogP contribution in [0.15, 0.2) is 36.4 Å². The highest BCUT2D eigenvalue weighted by atomic mass is 16.3. The van der Waals surface area contributed by atoms with Crippen molar-refractivity contribution in [2.75, 3.05) is 6.61 Å². The summed E-state index contributed by atoms with van der Waals surface area (Å²) in [6.07, 6.45) is 0. The molecule has 0 saturated heterocycles. The molecule has 1 atom stereocenters. The molecule has 0 spiro atoms. The maximum atomic E-state index is 11.8. The maximum absolute atomic E-state index is 11.8. The van der Waals surface area contributed by atoms with Crippen molar-refractivity contribution in [1.29, 1.82) is 0 Å². The van der Waals surface area contributed by atoms with Gasteiger partial charge in [-0.15, -0.1) is 0 Å². The van der Waals surface area contributed by atoms with E-state index in [0.717, 1.165) is 10.8 Å². The summed E-state index contributed by atoms with van der Waals surface area (Å²) in [5.74, 6) is -0.227. The lowest BCUT2D eigenvalue weighted by atomic mass is 10.00. The molecule has 0 amide bonds. The van der Waals surface area contributed by atoms with Crippen molar-refractivity contribution in [1.82, 2.24) is 0 Å². The van der Waals surface area contributed by atoms with Crippen LogP contribution in [0.25, 0.3) is 10.8 Å². The summed E-state index contributed by atoms with van der Waals surface area (Å²) in [4.78, 5) is 11.8. The number of rotatable bonds is 3. The molecule has 0 aromatic heterocycles. The van der Waals surface area contributed by atoms with Crippen LogP contribution in [-0.2, 0) is 0 Å². The van der Waals surface area contributed by atoms with Gasteiger partial charge in [0.1, 0.15) is 0 Å². The number of hydrogen-bond acceptors (Lipinski definition) is 3. The predicted octanol–water partition coefficient (Wildman–Crippen LogP) is 1.65. The molecule has 3 nitrogen and oxygen atoms in total. The predicted molar refractivity (Wildman–Crippen MR) is 68.1 cm³/mol. The van der Waals surface area contributed by atoms with E-state index in [1.165, 1.54) is 5.56 Å². The SMILES string of the molecule is Cc1ccc2cc(C(=O)C(N)CO)ccc2c1. The van der Waals surface area contributed by atoms with E-state index in [4.69, 9.17) is 10.8 Å². The first-order valence-corrected chi connectivity index (χ1v) is 5.53. The molecule has 0 aliphatic rings. The second-order valence-electron chi connectivity index (χ2n) is 4.22. The van der Waals surface area contributed by atoms with Gasteiger partial charge in [0.2, 0.25) is 0 Å². The Morgan fingerprint density at radius 3 is 2.59 bits per heavy atom. The molecule has 2 rings (SSSR count). The number of ketones is 1. The topological polar surface area (TPSA) is 63.3 Å². The zero-order valence-corrected chi connectivity index (χ0v) is 9.68. The Kier molecular flexibility index (Phi) is 3.22. The van der Waals surface area contributed by atoms with Gasteiger partial charge in [-0.25, -0.2) is 0 Å². The number of aryl methyl sites for hydroxylation is 1. The van der Waals surface area contributed by atoms with Crippen LogP contribution in [0.5, 0.6) is 0 Å². The first kappa shape index (κ1) is 11.8. The van der Waals surface area contributed by atoms with Crippen LogP contribution in [0.2, 0.25) is 0 Å². The highest BCUT2D eigenvalue weighted by Gasteiger charge is 2.14. The lowest BCUT2D eigenvalue weighted by molar-refractivity contribution is 0.0925. The number of carbonyl (C=O) groups is 1. The van der Waals surface area contributed by atoms with Crippen molar-refractivity contribution in [3.8, 4) is 0 Å². The fourth-order valence-electron chi connectivity index (χ4n) is 1.82. The monoisotopic (exact) mass is 229 g/mol. The van der Waals surface area contributed by atoms with E-state index in [9.17, 15) is 4.79 Å². The molecule has 0 radical (unpaired) electrons. The molecular weight excluding hydrogens is 214 g/mol. The van der Waals surface area contributed by atoms with Crippen LogP contribution < -0.4 is 5.73 Å². The minimum atomic E-state index is -0.835. The standard InChI is InChI=1S/C14H15NO2/c1-9-2-3-11-7-12(5-4-10(11)6-9)14(17)13(15)8-16/h2-7,13,16H,8,15H2,1H3. The van der Waals surface area contributed by atoms with Gasteiger partial charge in [-0.3, -0.25) is 4.79 Å². The van der Waals surface area contributed by atoms with Gasteiger partial charge in [0.15, 0.2) is 5.78 Å². The molecule has 3 N–H and O–H groups in total. The Labute approximate surface area is 99.9 Å². The summed E-state index contributed by atoms with van der Waals surface area (Å²) < 4.78 is 0. The third-order valence-corrected chi connectivity index (χ3v) is 2.81. The van der Waals surface area contributed by atoms with Crippen LogP contribution in [0, 0.1) is 6.92 Å². The summed E-state index contributed by atoms with van der Waals surface area (Å²) in [5, 5.41) is 11.0. The van der Waals surface area contributed by atoms with Gasteiger partial charge >= 0.3 is 0 Å². The zero-order valence-electron chi connectivity index (χ0n) is 9.68. The first-order valence-electron chi connectivity index (χ1n) is 5.53. The van der Waals surface area contributed by atoms with E-state index < -0.39 is 6.04 Å². The van der Waals surface area contributed by atoms with Crippen molar-refractivity contribution < 1.29 is 9.90 Å². The lowest BCUT2D eigenvalue weighted by Crippen LogP contribution is -2.33. The fourth-order valence-corrected chi connectivity index (χ4v) is 1.82. The first-order chi connectivity index (χ1) is 8.11. The van der Waals surface area contributed by atoms with Gasteiger partial charge in [-0.05, 0) is 23.8 Å². The van der Waals surface area contributed by atoms with Crippen LogP contribution in [0.3, 0.4) is 0 Å². The van der Waals surface area contributed by atoms with Crippen molar-refractivity contribution in [3.63, 3.8) is 0 Å². The molecule has 1 unspecified atom stereocenters. The minimum Gasteiger partial charge on any atom is -0.394 e. The van der Waals surface area contributed by atoms with Crippen LogP contribution in [-0.4, -0.2) is 23.5 Å². The molecular formula is C14H15NO2. The van der Waals surface area contributed by atoms with Crippen molar-refractivity contribution >= 4 is 16.6 Å². The fraction of sp³-hybridized carbons (Fsp3) is 0.214. The van der Waals surface area contributed by atoms with Crippen LogP contribution >= 0.6 is 0 Å². The van der Waals surface area contributed by atoms with Crippen molar-refractivity contribution in [3.05, 3.63) is 47.5 Å². The van der Waals surface area contributed by atoms with Crippen molar-refractivity contribution in [2.45, 2.75) is 13.0 Å². The molecule has 88 valence electrons. The molecule has 2 aromatic rings. The quantitative estimate of drug-likeness (QED) is 0.787. The molecule has 17 heavy (non-hydrogen) atoms. The van der Waals surface area contributed by atoms with Crippen LogP contribution in [0.1, 0.15) is 15.9 Å². The molecule has 0 saturated carbocycles. The number of aliphatic hydroxyl groups excluding tert-OH is 1. The molecule has 0 aliphatic heterocycles. The highest BCUT2D eigenvalue weighted by molar-refractivity contribution is 6.03.